The van der Waals surface area contributed by atoms with Gasteiger partial charge < -0.3 is 14.8 Å². The van der Waals surface area contributed by atoms with E-state index in [1.54, 1.807) is 30.3 Å². The van der Waals surface area contributed by atoms with E-state index >= 15 is 0 Å². The van der Waals surface area contributed by atoms with Crippen LogP contribution in [-0.4, -0.2) is 22.9 Å². The molecule has 0 aliphatic carbocycles. The molecule has 1 amide bonds. The maximum absolute atomic E-state index is 12.3. The number of anilines is 1. The molecule has 1 N–H and O–H groups in total. The van der Waals surface area contributed by atoms with Gasteiger partial charge in [-0.05, 0) is 49.4 Å². The van der Waals surface area contributed by atoms with Crippen molar-refractivity contribution < 1.29 is 24.0 Å². The Morgan fingerprint density at radius 1 is 0.900 bits per heavy atom. The molecule has 3 aromatic carbocycles. The summed E-state index contributed by atoms with van der Waals surface area (Å²) in [5.74, 6) is -0.179. The second-order valence-electron chi connectivity index (χ2n) is 6.25. The van der Waals surface area contributed by atoms with Gasteiger partial charge in [0, 0.05) is 6.07 Å². The maximum atomic E-state index is 12.3. The van der Waals surface area contributed by atoms with E-state index in [1.165, 1.54) is 37.3 Å². The Morgan fingerprint density at radius 3 is 2.17 bits per heavy atom. The lowest BCUT2D eigenvalue weighted by molar-refractivity contribution is -0.383. The van der Waals surface area contributed by atoms with E-state index in [9.17, 15) is 19.7 Å². The summed E-state index contributed by atoms with van der Waals surface area (Å²) in [5, 5.41) is 13.4. The molecular weight excluding hydrogens is 388 g/mol. The first-order chi connectivity index (χ1) is 14.4. The van der Waals surface area contributed by atoms with Crippen molar-refractivity contribution in [3.63, 3.8) is 0 Å². The molecule has 0 spiro atoms. The number of para-hydroxylation sites is 3. The molecule has 8 heteroatoms. The number of ether oxygens (including phenoxy) is 2. The predicted molar refractivity (Wildman–Crippen MR) is 110 cm³/mol. The van der Waals surface area contributed by atoms with Gasteiger partial charge in [-0.25, -0.2) is 4.79 Å². The Kier molecular flexibility index (Phi) is 6.39. The summed E-state index contributed by atoms with van der Waals surface area (Å²) < 4.78 is 10.8. The number of nitrogens with one attached hydrogen (secondary N) is 1. The molecule has 0 bridgehead atoms. The van der Waals surface area contributed by atoms with E-state index in [0.717, 1.165) is 0 Å². The number of benzene rings is 3. The topological polar surface area (TPSA) is 108 Å². The summed E-state index contributed by atoms with van der Waals surface area (Å²) in [4.78, 5) is 35.0. The fourth-order valence-electron chi connectivity index (χ4n) is 2.54. The molecule has 0 aliphatic heterocycles. The zero-order valence-electron chi connectivity index (χ0n) is 16.0. The van der Waals surface area contributed by atoms with Crippen molar-refractivity contribution in [3.05, 3.63) is 94.5 Å². The fraction of sp³-hybridized carbons (Fsp3) is 0.0909. The number of carbonyl (C=O) groups excluding carboxylic acids is 2. The summed E-state index contributed by atoms with van der Waals surface area (Å²) in [5.41, 5.74) is 0.0111. The summed E-state index contributed by atoms with van der Waals surface area (Å²) in [7, 11) is 0. The highest BCUT2D eigenvalue weighted by Crippen LogP contribution is 2.24. The molecule has 0 unspecified atom stereocenters. The fourth-order valence-corrected chi connectivity index (χ4v) is 2.54. The van der Waals surface area contributed by atoms with E-state index in [-0.39, 0.29) is 16.9 Å². The van der Waals surface area contributed by atoms with Gasteiger partial charge in [-0.2, -0.15) is 0 Å². The Morgan fingerprint density at radius 2 is 1.50 bits per heavy atom. The van der Waals surface area contributed by atoms with Crippen LogP contribution in [0.1, 0.15) is 17.3 Å². The molecule has 0 saturated carbocycles. The van der Waals surface area contributed by atoms with E-state index in [1.807, 2.05) is 18.2 Å². The van der Waals surface area contributed by atoms with Crippen LogP contribution in [0, 0.1) is 10.1 Å². The Bertz CT molecular complexity index is 1050. The lowest BCUT2D eigenvalue weighted by atomic mass is 10.2. The summed E-state index contributed by atoms with van der Waals surface area (Å²) in [6.07, 6.45) is -1.16. The highest BCUT2D eigenvalue weighted by atomic mass is 16.6. The molecule has 30 heavy (non-hydrogen) atoms. The molecule has 152 valence electrons. The van der Waals surface area contributed by atoms with Crippen molar-refractivity contribution in [1.82, 2.24) is 0 Å². The zero-order valence-corrected chi connectivity index (χ0v) is 16.0. The van der Waals surface area contributed by atoms with Crippen molar-refractivity contribution in [2.45, 2.75) is 13.0 Å². The SMILES string of the molecule is C[C@H](OC(=O)c1ccc(Oc2ccccc2)cc1)C(=O)Nc1ccccc1[N+](=O)[O-]. The zero-order chi connectivity index (χ0) is 21.5. The predicted octanol–water partition coefficient (Wildman–Crippen LogP) is 4.57. The highest BCUT2D eigenvalue weighted by molar-refractivity contribution is 5.98. The molecule has 1 atom stereocenters. The third-order valence-corrected chi connectivity index (χ3v) is 4.08. The van der Waals surface area contributed by atoms with E-state index in [2.05, 4.69) is 5.32 Å². The van der Waals surface area contributed by atoms with Gasteiger partial charge in [-0.3, -0.25) is 14.9 Å². The number of amides is 1. The van der Waals surface area contributed by atoms with Crippen LogP contribution in [0.4, 0.5) is 11.4 Å². The smallest absolute Gasteiger partial charge is 0.338 e. The van der Waals surface area contributed by atoms with Crippen molar-refractivity contribution in [2.75, 3.05) is 5.32 Å². The summed E-state index contributed by atoms with van der Waals surface area (Å²) in [6, 6.07) is 21.2. The van der Waals surface area contributed by atoms with Crippen molar-refractivity contribution in [1.29, 1.82) is 0 Å². The first-order valence-corrected chi connectivity index (χ1v) is 9.02. The van der Waals surface area contributed by atoms with E-state index in [4.69, 9.17) is 9.47 Å². The molecule has 0 fully saturated rings. The van der Waals surface area contributed by atoms with Crippen molar-refractivity contribution in [3.8, 4) is 11.5 Å². The number of esters is 1. The number of nitro benzene ring substituents is 1. The van der Waals surface area contributed by atoms with Gasteiger partial charge in [0.2, 0.25) is 0 Å². The van der Waals surface area contributed by atoms with Gasteiger partial charge in [0.25, 0.3) is 11.6 Å². The van der Waals surface area contributed by atoms with Crippen LogP contribution in [0.2, 0.25) is 0 Å². The minimum Gasteiger partial charge on any atom is -0.457 e. The molecule has 8 nitrogen and oxygen atoms in total. The first kappa shape index (κ1) is 20.5. The number of nitro groups is 1. The minimum absolute atomic E-state index is 0.0258. The third-order valence-electron chi connectivity index (χ3n) is 4.08. The van der Waals surface area contributed by atoms with Gasteiger partial charge in [-0.1, -0.05) is 30.3 Å². The van der Waals surface area contributed by atoms with Crippen LogP contribution < -0.4 is 10.1 Å². The Labute approximate surface area is 172 Å². The molecule has 0 aliphatic rings. The average Bonchev–Trinajstić information content (AvgIpc) is 2.75. The lowest BCUT2D eigenvalue weighted by Gasteiger charge is -2.14. The van der Waals surface area contributed by atoms with Crippen LogP contribution in [-0.2, 0) is 9.53 Å². The average molecular weight is 406 g/mol. The molecule has 3 aromatic rings. The summed E-state index contributed by atoms with van der Waals surface area (Å²) >= 11 is 0. The quantitative estimate of drug-likeness (QED) is 0.350. The second kappa shape index (κ2) is 9.33. The Balaban J connectivity index is 1.60. The molecule has 0 saturated heterocycles. The highest BCUT2D eigenvalue weighted by Gasteiger charge is 2.22. The first-order valence-electron chi connectivity index (χ1n) is 9.02. The monoisotopic (exact) mass is 406 g/mol. The number of rotatable bonds is 7. The standard InChI is InChI=1S/C22H18N2O6/c1-15(21(25)23-19-9-5-6-10-20(19)24(27)28)29-22(26)16-11-13-18(14-12-16)30-17-7-3-2-4-8-17/h2-15H,1H3,(H,23,25)/t15-/m0/s1. The van der Waals surface area contributed by atoms with Crippen molar-refractivity contribution in [2.24, 2.45) is 0 Å². The minimum atomic E-state index is -1.16. The van der Waals surface area contributed by atoms with Gasteiger partial charge >= 0.3 is 5.97 Å². The van der Waals surface area contributed by atoms with Crippen LogP contribution in [0.25, 0.3) is 0 Å². The van der Waals surface area contributed by atoms with Gasteiger partial charge in [0.1, 0.15) is 17.2 Å². The van der Waals surface area contributed by atoms with Gasteiger partial charge in [0.05, 0.1) is 10.5 Å². The number of hydrogen-bond acceptors (Lipinski definition) is 6. The molecular formula is C22H18N2O6. The van der Waals surface area contributed by atoms with E-state index < -0.39 is 22.9 Å². The van der Waals surface area contributed by atoms with Gasteiger partial charge in [0.15, 0.2) is 6.10 Å². The van der Waals surface area contributed by atoms with Crippen LogP contribution in [0.3, 0.4) is 0 Å². The Hall–Kier alpha value is -4.20. The van der Waals surface area contributed by atoms with Crippen LogP contribution in [0.15, 0.2) is 78.9 Å². The van der Waals surface area contributed by atoms with Crippen LogP contribution in [0.5, 0.6) is 11.5 Å². The van der Waals surface area contributed by atoms with Crippen molar-refractivity contribution >= 4 is 23.3 Å². The number of nitrogens with zero attached hydrogens (tertiary/aromatic N) is 1. The number of hydrogen-bond donors (Lipinski definition) is 1. The van der Waals surface area contributed by atoms with E-state index in [0.29, 0.717) is 11.5 Å². The molecule has 0 heterocycles. The van der Waals surface area contributed by atoms with Gasteiger partial charge in [-0.15, -0.1) is 0 Å². The largest absolute Gasteiger partial charge is 0.457 e. The molecule has 3 rings (SSSR count). The normalized spacial score (nSPS) is 11.2. The molecule has 0 aromatic heterocycles. The molecule has 0 radical (unpaired) electrons. The second-order valence-corrected chi connectivity index (χ2v) is 6.25. The third kappa shape index (κ3) is 5.20. The lowest BCUT2D eigenvalue weighted by Crippen LogP contribution is -2.30. The summed E-state index contributed by atoms with van der Waals surface area (Å²) in [6.45, 7) is 1.38. The van der Waals surface area contributed by atoms with Crippen LogP contribution >= 0.6 is 0 Å². The maximum Gasteiger partial charge on any atom is 0.338 e. The number of carbonyl (C=O) groups is 2.